The van der Waals surface area contributed by atoms with Crippen molar-refractivity contribution in [3.05, 3.63) is 0 Å². The van der Waals surface area contributed by atoms with Gasteiger partial charge in [0.05, 0.1) is 11.0 Å². The zero-order chi connectivity index (χ0) is 12.0. The van der Waals surface area contributed by atoms with Gasteiger partial charge in [-0.25, -0.2) is 0 Å². The largest absolute Gasteiger partial charge is 0.393 e. The van der Waals surface area contributed by atoms with Crippen molar-refractivity contribution in [2.24, 2.45) is 11.7 Å². The molecule has 0 radical (unpaired) electrons. The predicted molar refractivity (Wildman–Crippen MR) is 66.7 cm³/mol. The van der Waals surface area contributed by atoms with Crippen molar-refractivity contribution in [3.8, 4) is 0 Å². The van der Waals surface area contributed by atoms with Gasteiger partial charge >= 0.3 is 0 Å². The van der Waals surface area contributed by atoms with Crippen molar-refractivity contribution in [2.45, 2.75) is 26.8 Å². The second-order valence-corrected chi connectivity index (χ2v) is 4.28. The number of likely N-dealkylation sites (N-methyl/N-ethyl adjacent to an activating group) is 2. The molecule has 0 aliphatic carbocycles. The molecule has 0 aromatic carbocycles. The number of thiocarbonyl (C=S) groups is 1. The van der Waals surface area contributed by atoms with Gasteiger partial charge in [-0.1, -0.05) is 19.1 Å². The highest BCUT2D eigenvalue weighted by molar-refractivity contribution is 7.80. The maximum absolute atomic E-state index is 11.5. The standard InChI is InChI=1S/C10H21N3OS/c1-5-12-10(14)8(3)13(4)6-7(2)9(11)15/h7-8H,5-6H2,1-4H3,(H2,11,15)(H,12,14). The van der Waals surface area contributed by atoms with Gasteiger partial charge in [-0.15, -0.1) is 0 Å². The van der Waals surface area contributed by atoms with Crippen LogP contribution in [0.1, 0.15) is 20.8 Å². The van der Waals surface area contributed by atoms with Gasteiger partial charge in [0, 0.05) is 19.0 Å². The van der Waals surface area contributed by atoms with Crippen molar-refractivity contribution in [3.63, 3.8) is 0 Å². The number of nitrogens with two attached hydrogens (primary N) is 1. The number of nitrogens with one attached hydrogen (secondary N) is 1. The first-order chi connectivity index (χ1) is 6.90. The number of hydrogen-bond acceptors (Lipinski definition) is 3. The van der Waals surface area contributed by atoms with Crippen LogP contribution in [0.25, 0.3) is 0 Å². The highest BCUT2D eigenvalue weighted by atomic mass is 32.1. The molecule has 4 nitrogen and oxygen atoms in total. The number of amides is 1. The minimum Gasteiger partial charge on any atom is -0.393 e. The number of nitrogens with zero attached hydrogens (tertiary/aromatic N) is 1. The van der Waals surface area contributed by atoms with Gasteiger partial charge in [-0.3, -0.25) is 9.69 Å². The molecule has 0 aliphatic rings. The van der Waals surface area contributed by atoms with Crippen LogP contribution in [-0.4, -0.2) is 42.0 Å². The van der Waals surface area contributed by atoms with Gasteiger partial charge in [-0.05, 0) is 20.9 Å². The van der Waals surface area contributed by atoms with Crippen LogP contribution in [0.15, 0.2) is 0 Å². The molecule has 0 aromatic rings. The van der Waals surface area contributed by atoms with E-state index in [2.05, 4.69) is 5.32 Å². The molecule has 2 atom stereocenters. The van der Waals surface area contributed by atoms with E-state index in [1.165, 1.54) is 0 Å². The third-order valence-electron chi connectivity index (χ3n) is 2.44. The molecule has 88 valence electrons. The van der Waals surface area contributed by atoms with Crippen LogP contribution >= 0.6 is 12.2 Å². The second kappa shape index (κ2) is 6.74. The van der Waals surface area contributed by atoms with Crippen molar-refractivity contribution in [1.29, 1.82) is 0 Å². The Kier molecular flexibility index (Phi) is 6.43. The number of hydrogen-bond donors (Lipinski definition) is 2. The van der Waals surface area contributed by atoms with Crippen LogP contribution in [-0.2, 0) is 4.79 Å². The molecular formula is C10H21N3OS. The molecular weight excluding hydrogens is 210 g/mol. The molecule has 0 saturated carbocycles. The molecule has 0 rings (SSSR count). The van der Waals surface area contributed by atoms with E-state index < -0.39 is 0 Å². The lowest BCUT2D eigenvalue weighted by Crippen LogP contribution is -2.45. The zero-order valence-electron chi connectivity index (χ0n) is 9.91. The molecule has 15 heavy (non-hydrogen) atoms. The average molecular weight is 231 g/mol. The third kappa shape index (κ3) is 5.09. The molecule has 0 aromatic heterocycles. The van der Waals surface area contributed by atoms with E-state index in [1.54, 1.807) is 0 Å². The summed E-state index contributed by atoms with van der Waals surface area (Å²) in [6, 6.07) is -0.151. The first-order valence-corrected chi connectivity index (χ1v) is 5.58. The number of carbonyl (C=O) groups is 1. The third-order valence-corrected chi connectivity index (χ3v) is 2.84. The fraction of sp³-hybridized carbons (Fsp3) is 0.800. The summed E-state index contributed by atoms with van der Waals surface area (Å²) in [5, 5.41) is 2.78. The van der Waals surface area contributed by atoms with Gasteiger partial charge in [-0.2, -0.15) is 0 Å². The van der Waals surface area contributed by atoms with E-state index in [0.717, 1.165) is 0 Å². The van der Waals surface area contributed by atoms with Crippen LogP contribution in [0, 0.1) is 5.92 Å². The Morgan fingerprint density at radius 1 is 1.53 bits per heavy atom. The Bertz CT molecular complexity index is 233. The summed E-state index contributed by atoms with van der Waals surface area (Å²) in [4.78, 5) is 14.0. The zero-order valence-corrected chi connectivity index (χ0v) is 10.7. The lowest BCUT2D eigenvalue weighted by atomic mass is 10.1. The van der Waals surface area contributed by atoms with E-state index in [4.69, 9.17) is 18.0 Å². The summed E-state index contributed by atoms with van der Waals surface area (Å²) in [6.07, 6.45) is 0. The SMILES string of the molecule is CCNC(=O)C(C)N(C)CC(C)C(N)=S. The Morgan fingerprint density at radius 3 is 2.47 bits per heavy atom. The quantitative estimate of drug-likeness (QED) is 0.648. The molecule has 0 bridgehead atoms. The van der Waals surface area contributed by atoms with Gasteiger partial charge in [0.15, 0.2) is 0 Å². The van der Waals surface area contributed by atoms with E-state index in [0.29, 0.717) is 18.1 Å². The van der Waals surface area contributed by atoms with Gasteiger partial charge < -0.3 is 11.1 Å². The molecule has 0 heterocycles. The van der Waals surface area contributed by atoms with Crippen molar-refractivity contribution >= 4 is 23.1 Å². The van der Waals surface area contributed by atoms with E-state index in [1.807, 2.05) is 32.7 Å². The van der Waals surface area contributed by atoms with Crippen molar-refractivity contribution in [2.75, 3.05) is 20.1 Å². The maximum atomic E-state index is 11.5. The maximum Gasteiger partial charge on any atom is 0.237 e. The molecule has 0 aliphatic heterocycles. The Morgan fingerprint density at radius 2 is 2.07 bits per heavy atom. The molecule has 3 N–H and O–H groups in total. The first kappa shape index (κ1) is 14.3. The lowest BCUT2D eigenvalue weighted by molar-refractivity contribution is -0.125. The normalized spacial score (nSPS) is 14.7. The van der Waals surface area contributed by atoms with Crippen LogP contribution in [0.4, 0.5) is 0 Å². The smallest absolute Gasteiger partial charge is 0.237 e. The van der Waals surface area contributed by atoms with Crippen molar-refractivity contribution in [1.82, 2.24) is 10.2 Å². The fourth-order valence-corrected chi connectivity index (χ4v) is 1.28. The molecule has 2 unspecified atom stereocenters. The average Bonchev–Trinajstić information content (AvgIpc) is 2.16. The molecule has 5 heteroatoms. The van der Waals surface area contributed by atoms with Gasteiger partial charge in [0.2, 0.25) is 5.91 Å². The second-order valence-electron chi connectivity index (χ2n) is 3.81. The Balaban J connectivity index is 4.14. The van der Waals surface area contributed by atoms with Gasteiger partial charge in [0.25, 0.3) is 0 Å². The van der Waals surface area contributed by atoms with E-state index >= 15 is 0 Å². The monoisotopic (exact) mass is 231 g/mol. The van der Waals surface area contributed by atoms with Crippen LogP contribution in [0.3, 0.4) is 0 Å². The molecule has 0 fully saturated rings. The minimum absolute atomic E-state index is 0.0372. The summed E-state index contributed by atoms with van der Waals surface area (Å²) < 4.78 is 0. The Hall–Kier alpha value is -0.680. The first-order valence-electron chi connectivity index (χ1n) is 5.17. The summed E-state index contributed by atoms with van der Waals surface area (Å²) in [5.41, 5.74) is 5.52. The number of rotatable bonds is 6. The number of carbonyl (C=O) groups excluding carboxylic acids is 1. The minimum atomic E-state index is -0.151. The fourth-order valence-electron chi connectivity index (χ4n) is 1.20. The predicted octanol–water partition coefficient (Wildman–Crippen LogP) is 0.365. The molecule has 0 saturated heterocycles. The highest BCUT2D eigenvalue weighted by Gasteiger charge is 2.19. The lowest BCUT2D eigenvalue weighted by Gasteiger charge is -2.26. The summed E-state index contributed by atoms with van der Waals surface area (Å²) in [7, 11) is 1.90. The molecule has 0 spiro atoms. The van der Waals surface area contributed by atoms with Crippen LogP contribution in [0.2, 0.25) is 0 Å². The van der Waals surface area contributed by atoms with Crippen molar-refractivity contribution < 1.29 is 4.79 Å². The van der Waals surface area contributed by atoms with E-state index in [-0.39, 0.29) is 17.9 Å². The summed E-state index contributed by atoms with van der Waals surface area (Å²) in [6.45, 7) is 7.10. The summed E-state index contributed by atoms with van der Waals surface area (Å²) in [5.74, 6) is 0.164. The molecule has 1 amide bonds. The van der Waals surface area contributed by atoms with Gasteiger partial charge in [0.1, 0.15) is 0 Å². The topological polar surface area (TPSA) is 58.4 Å². The van der Waals surface area contributed by atoms with E-state index in [9.17, 15) is 4.79 Å². The van der Waals surface area contributed by atoms with Crippen LogP contribution < -0.4 is 11.1 Å². The highest BCUT2D eigenvalue weighted by Crippen LogP contribution is 2.03. The Labute approximate surface area is 97.2 Å². The van der Waals surface area contributed by atoms with Crippen LogP contribution in [0.5, 0.6) is 0 Å². The summed E-state index contributed by atoms with van der Waals surface area (Å²) >= 11 is 4.89.